The number of carbonyl (C=O) groups is 3. The van der Waals surface area contributed by atoms with E-state index < -0.39 is 41.5 Å². The minimum atomic E-state index is -1.19. The lowest BCUT2D eigenvalue weighted by Crippen LogP contribution is -2.57. The monoisotopic (exact) mass is 569 g/mol. The number of aliphatic hydroxyl groups excluding tert-OH is 1. The summed E-state index contributed by atoms with van der Waals surface area (Å²) in [5, 5.41) is 16.6. The number of likely N-dealkylation sites (tertiary alicyclic amines) is 1. The van der Waals surface area contributed by atoms with Crippen molar-refractivity contribution in [3.8, 4) is 5.75 Å². The van der Waals surface area contributed by atoms with Gasteiger partial charge in [0.05, 0.1) is 47.9 Å². The summed E-state index contributed by atoms with van der Waals surface area (Å²) in [6.07, 6.45) is 1.19. The molecule has 9 nitrogen and oxygen atoms in total. The molecule has 2 aromatic rings. The van der Waals surface area contributed by atoms with Crippen molar-refractivity contribution >= 4 is 40.7 Å². The standard InChI is InChI=1S/C30H36ClN3O6/c1-4-17(3)22(16-35)34-26(28(37)33-21-9-7-6-8-20(21)31)30-15-14-23(40-30)24(25(30)29(34)38)27(36)32-18-10-12-19(13-11-18)39-5-2/h6-13,17,22-26,35H,4-5,14-16H2,1-3H3,(H,32,36)(H,33,37)/t17-,22-,23+,24-,25-,26?,30?/m0/s1. The van der Waals surface area contributed by atoms with Crippen LogP contribution in [0.15, 0.2) is 48.5 Å². The quantitative estimate of drug-likeness (QED) is 0.397. The number of benzene rings is 2. The van der Waals surface area contributed by atoms with Crippen molar-refractivity contribution < 1.29 is 29.0 Å². The highest BCUT2D eigenvalue weighted by Gasteiger charge is 2.75. The van der Waals surface area contributed by atoms with E-state index in [1.165, 1.54) is 4.90 Å². The van der Waals surface area contributed by atoms with Crippen molar-refractivity contribution in [1.29, 1.82) is 0 Å². The van der Waals surface area contributed by atoms with Gasteiger partial charge in [-0.1, -0.05) is 44.0 Å². The number of ether oxygens (including phenoxy) is 2. The van der Waals surface area contributed by atoms with E-state index in [-0.39, 0.29) is 24.3 Å². The van der Waals surface area contributed by atoms with Gasteiger partial charge in [-0.15, -0.1) is 0 Å². The normalized spacial score (nSPS) is 28.2. The lowest BCUT2D eigenvalue weighted by molar-refractivity contribution is -0.144. The number of aliphatic hydroxyl groups is 1. The second kappa shape index (κ2) is 11.4. The molecular weight excluding hydrogens is 534 g/mol. The summed E-state index contributed by atoms with van der Waals surface area (Å²) in [6, 6.07) is 12.3. The van der Waals surface area contributed by atoms with E-state index >= 15 is 0 Å². The predicted octanol–water partition coefficient (Wildman–Crippen LogP) is 4.10. The van der Waals surface area contributed by atoms with Gasteiger partial charge in [-0.05, 0) is 62.1 Å². The molecule has 40 heavy (non-hydrogen) atoms. The first kappa shape index (κ1) is 28.4. The molecular formula is C30H36ClN3O6. The first-order chi connectivity index (χ1) is 19.2. The molecule has 214 valence electrons. The van der Waals surface area contributed by atoms with Crippen LogP contribution in [0.3, 0.4) is 0 Å². The lowest BCUT2D eigenvalue weighted by atomic mass is 9.70. The Hall–Kier alpha value is -3.14. The summed E-state index contributed by atoms with van der Waals surface area (Å²) in [7, 11) is 0. The predicted molar refractivity (Wildman–Crippen MR) is 151 cm³/mol. The number of hydrogen-bond donors (Lipinski definition) is 3. The van der Waals surface area contributed by atoms with Crippen molar-refractivity contribution in [2.75, 3.05) is 23.8 Å². The van der Waals surface area contributed by atoms with Gasteiger partial charge >= 0.3 is 0 Å². The Labute approximate surface area is 239 Å². The van der Waals surface area contributed by atoms with Crippen LogP contribution < -0.4 is 15.4 Å². The molecule has 7 atom stereocenters. The Kier molecular flexibility index (Phi) is 8.08. The summed E-state index contributed by atoms with van der Waals surface area (Å²) in [4.78, 5) is 43.4. The Morgan fingerprint density at radius 2 is 1.88 bits per heavy atom. The van der Waals surface area contributed by atoms with Crippen LogP contribution in [-0.4, -0.2) is 64.7 Å². The van der Waals surface area contributed by atoms with Gasteiger partial charge in [-0.2, -0.15) is 0 Å². The minimum absolute atomic E-state index is 0.0897. The number of nitrogens with zero attached hydrogens (tertiary/aromatic N) is 1. The second-order valence-corrected chi connectivity index (χ2v) is 11.3. The molecule has 0 aromatic heterocycles. The smallest absolute Gasteiger partial charge is 0.250 e. The minimum Gasteiger partial charge on any atom is -0.494 e. The molecule has 2 aromatic carbocycles. The molecule has 3 heterocycles. The fourth-order valence-corrected chi connectivity index (χ4v) is 6.84. The molecule has 1 spiro atoms. The number of anilines is 2. The van der Waals surface area contributed by atoms with E-state index in [0.717, 1.165) is 0 Å². The fourth-order valence-electron chi connectivity index (χ4n) is 6.65. The average Bonchev–Trinajstić information content (AvgIpc) is 3.59. The number of fused-ring (bicyclic) bond motifs is 1. The van der Waals surface area contributed by atoms with Gasteiger partial charge in [0, 0.05) is 5.69 Å². The van der Waals surface area contributed by atoms with E-state index in [9.17, 15) is 19.5 Å². The number of hydrogen-bond acceptors (Lipinski definition) is 6. The molecule has 2 bridgehead atoms. The molecule has 10 heteroatoms. The van der Waals surface area contributed by atoms with Crippen LogP contribution in [0.2, 0.25) is 5.02 Å². The molecule has 3 fully saturated rings. The molecule has 5 rings (SSSR count). The van der Waals surface area contributed by atoms with Crippen LogP contribution in [0.4, 0.5) is 11.4 Å². The molecule has 3 saturated heterocycles. The Balaban J connectivity index is 1.48. The zero-order chi connectivity index (χ0) is 28.6. The van der Waals surface area contributed by atoms with Crippen LogP contribution in [0.5, 0.6) is 5.75 Å². The van der Waals surface area contributed by atoms with E-state index in [0.29, 0.717) is 48.0 Å². The largest absolute Gasteiger partial charge is 0.494 e. The Morgan fingerprint density at radius 1 is 1.15 bits per heavy atom. The average molecular weight is 570 g/mol. The number of nitrogens with one attached hydrogen (secondary N) is 2. The molecule has 3 aliphatic rings. The maximum absolute atomic E-state index is 14.2. The molecule has 0 radical (unpaired) electrons. The van der Waals surface area contributed by atoms with Crippen LogP contribution in [0.1, 0.15) is 40.0 Å². The van der Waals surface area contributed by atoms with Crippen molar-refractivity contribution in [2.24, 2.45) is 17.8 Å². The number of halogens is 1. The third kappa shape index (κ3) is 4.74. The van der Waals surface area contributed by atoms with Gasteiger partial charge in [-0.3, -0.25) is 14.4 Å². The summed E-state index contributed by atoms with van der Waals surface area (Å²) in [5.41, 5.74) is -0.189. The van der Waals surface area contributed by atoms with E-state index in [2.05, 4.69) is 10.6 Å². The highest BCUT2D eigenvalue weighted by atomic mass is 35.5. The highest BCUT2D eigenvalue weighted by Crippen LogP contribution is 2.59. The topological polar surface area (TPSA) is 117 Å². The number of para-hydroxylation sites is 1. The van der Waals surface area contributed by atoms with Gasteiger partial charge in [-0.25, -0.2) is 0 Å². The summed E-state index contributed by atoms with van der Waals surface area (Å²) in [6.45, 7) is 6.03. The zero-order valence-electron chi connectivity index (χ0n) is 22.9. The maximum Gasteiger partial charge on any atom is 0.250 e. The number of carbonyl (C=O) groups excluding carboxylic acids is 3. The zero-order valence-corrected chi connectivity index (χ0v) is 23.7. The van der Waals surface area contributed by atoms with Crippen LogP contribution >= 0.6 is 11.6 Å². The first-order valence-corrected chi connectivity index (χ1v) is 14.3. The van der Waals surface area contributed by atoms with Crippen molar-refractivity contribution in [3.05, 3.63) is 53.6 Å². The third-order valence-corrected chi connectivity index (χ3v) is 9.03. The Morgan fingerprint density at radius 3 is 2.52 bits per heavy atom. The van der Waals surface area contributed by atoms with Gasteiger partial charge in [0.25, 0.3) is 0 Å². The Bertz CT molecular complexity index is 1270. The van der Waals surface area contributed by atoms with Crippen molar-refractivity contribution in [3.63, 3.8) is 0 Å². The van der Waals surface area contributed by atoms with Gasteiger partial charge < -0.3 is 30.1 Å². The fraction of sp³-hybridized carbons (Fsp3) is 0.500. The van der Waals surface area contributed by atoms with Crippen LogP contribution in [0.25, 0.3) is 0 Å². The number of rotatable bonds is 10. The lowest BCUT2D eigenvalue weighted by Gasteiger charge is -2.38. The van der Waals surface area contributed by atoms with E-state index in [1.807, 2.05) is 20.8 Å². The summed E-state index contributed by atoms with van der Waals surface area (Å²) >= 11 is 6.33. The molecule has 2 unspecified atom stereocenters. The molecule has 3 aliphatic heterocycles. The molecule has 0 aliphatic carbocycles. The van der Waals surface area contributed by atoms with Gasteiger partial charge in [0.2, 0.25) is 17.7 Å². The maximum atomic E-state index is 14.2. The van der Waals surface area contributed by atoms with Crippen molar-refractivity contribution in [2.45, 2.75) is 63.8 Å². The molecule has 3 N–H and O–H groups in total. The SMILES string of the molecule is CCOc1ccc(NC(=O)[C@@H]2[C@H]3C(=O)N([C@@H](CO)[C@@H](C)CC)C(C(=O)Nc4ccccc4Cl)C34CC[C@H]2O4)cc1. The van der Waals surface area contributed by atoms with Gasteiger partial charge in [0.1, 0.15) is 17.4 Å². The van der Waals surface area contributed by atoms with Crippen LogP contribution in [-0.2, 0) is 19.1 Å². The molecule has 0 saturated carbocycles. The number of amides is 3. The summed E-state index contributed by atoms with van der Waals surface area (Å²) in [5.74, 6) is -2.14. The van der Waals surface area contributed by atoms with E-state index in [1.54, 1.807) is 48.5 Å². The van der Waals surface area contributed by atoms with Gasteiger partial charge in [0.15, 0.2) is 0 Å². The first-order valence-electron chi connectivity index (χ1n) is 14.0. The van der Waals surface area contributed by atoms with E-state index in [4.69, 9.17) is 21.1 Å². The third-order valence-electron chi connectivity index (χ3n) is 8.70. The molecule has 3 amide bonds. The van der Waals surface area contributed by atoms with Crippen LogP contribution in [0, 0.1) is 17.8 Å². The van der Waals surface area contributed by atoms with Crippen molar-refractivity contribution in [1.82, 2.24) is 4.90 Å². The second-order valence-electron chi connectivity index (χ2n) is 10.9. The highest BCUT2D eigenvalue weighted by molar-refractivity contribution is 6.33. The summed E-state index contributed by atoms with van der Waals surface area (Å²) < 4.78 is 12.0.